The summed E-state index contributed by atoms with van der Waals surface area (Å²) in [5.74, 6) is -0.359. The van der Waals surface area contributed by atoms with Gasteiger partial charge in [-0.2, -0.15) is 8.42 Å². The summed E-state index contributed by atoms with van der Waals surface area (Å²) in [7, 11) is -4.00. The zero-order valence-electron chi connectivity index (χ0n) is 12.3. The number of esters is 1. The molecule has 0 saturated heterocycles. The predicted octanol–water partition coefficient (Wildman–Crippen LogP) is 2.94. The van der Waals surface area contributed by atoms with E-state index in [0.29, 0.717) is 0 Å². The number of carbonyl (C=O) groups is 1. The van der Waals surface area contributed by atoms with Crippen LogP contribution in [0.4, 0.5) is 0 Å². The van der Waals surface area contributed by atoms with Gasteiger partial charge in [-0.1, -0.05) is 23.8 Å². The quantitative estimate of drug-likeness (QED) is 0.626. The summed E-state index contributed by atoms with van der Waals surface area (Å²) in [6.07, 6.45) is 0. The Balaban J connectivity index is 2.27. The molecule has 0 spiro atoms. The molecule has 6 heteroatoms. The van der Waals surface area contributed by atoms with Crippen LogP contribution in [0, 0.1) is 6.92 Å². The van der Waals surface area contributed by atoms with Crippen LogP contribution >= 0.6 is 0 Å². The Hall–Kier alpha value is -2.34. The Morgan fingerprint density at radius 1 is 1.09 bits per heavy atom. The third kappa shape index (κ3) is 3.85. The second-order valence-corrected chi connectivity index (χ2v) is 6.15. The van der Waals surface area contributed by atoms with Crippen molar-refractivity contribution in [1.29, 1.82) is 0 Å². The lowest BCUT2D eigenvalue weighted by Crippen LogP contribution is -2.11. The smallest absolute Gasteiger partial charge is 0.339 e. The minimum Gasteiger partial charge on any atom is -0.462 e. The van der Waals surface area contributed by atoms with Crippen LogP contribution in [0.3, 0.4) is 0 Å². The number of carbonyl (C=O) groups excluding carboxylic acids is 1. The molecule has 0 radical (unpaired) electrons. The van der Waals surface area contributed by atoms with E-state index in [4.69, 9.17) is 8.92 Å². The summed E-state index contributed by atoms with van der Waals surface area (Å²) in [5, 5.41) is 0. The van der Waals surface area contributed by atoms with Crippen molar-refractivity contribution in [2.24, 2.45) is 0 Å². The topological polar surface area (TPSA) is 69.7 Å². The van der Waals surface area contributed by atoms with Crippen molar-refractivity contribution in [3.63, 3.8) is 0 Å². The molecule has 2 aromatic rings. The minimum absolute atomic E-state index is 0.0985. The van der Waals surface area contributed by atoms with Gasteiger partial charge in [0.05, 0.1) is 12.2 Å². The van der Waals surface area contributed by atoms with Gasteiger partial charge in [0, 0.05) is 0 Å². The lowest BCUT2D eigenvalue weighted by molar-refractivity contribution is 0.0526. The zero-order chi connectivity index (χ0) is 16.2. The Morgan fingerprint density at radius 3 is 2.41 bits per heavy atom. The maximum atomic E-state index is 12.2. The largest absolute Gasteiger partial charge is 0.462 e. The third-order valence-corrected chi connectivity index (χ3v) is 4.10. The summed E-state index contributed by atoms with van der Waals surface area (Å²) in [5.41, 5.74) is 1.16. The molecule has 2 rings (SSSR count). The molecule has 0 aromatic heterocycles. The van der Waals surface area contributed by atoms with E-state index in [2.05, 4.69) is 0 Å². The van der Waals surface area contributed by atoms with E-state index < -0.39 is 16.1 Å². The van der Waals surface area contributed by atoms with E-state index in [1.165, 1.54) is 24.3 Å². The maximum Gasteiger partial charge on any atom is 0.339 e. The van der Waals surface area contributed by atoms with E-state index in [1.54, 1.807) is 31.2 Å². The monoisotopic (exact) mass is 320 g/mol. The maximum absolute atomic E-state index is 12.2. The first-order chi connectivity index (χ1) is 10.4. The van der Waals surface area contributed by atoms with E-state index >= 15 is 0 Å². The lowest BCUT2D eigenvalue weighted by Gasteiger charge is -2.08. The van der Waals surface area contributed by atoms with Crippen molar-refractivity contribution in [3.05, 3.63) is 59.7 Å². The fourth-order valence-electron chi connectivity index (χ4n) is 1.76. The second-order valence-electron chi connectivity index (χ2n) is 4.60. The fourth-order valence-corrected chi connectivity index (χ4v) is 2.74. The number of rotatable bonds is 5. The summed E-state index contributed by atoms with van der Waals surface area (Å²) in [6.45, 7) is 3.79. The van der Waals surface area contributed by atoms with Crippen molar-refractivity contribution in [2.75, 3.05) is 6.61 Å². The van der Waals surface area contributed by atoms with Crippen molar-refractivity contribution in [2.45, 2.75) is 18.7 Å². The minimum atomic E-state index is -4.00. The van der Waals surface area contributed by atoms with Crippen molar-refractivity contribution < 1.29 is 22.1 Å². The van der Waals surface area contributed by atoms with Gasteiger partial charge in [-0.15, -0.1) is 0 Å². The highest BCUT2D eigenvalue weighted by Crippen LogP contribution is 2.20. The SMILES string of the molecule is CCOC(=O)c1cccc(S(=O)(=O)Oc2ccc(C)cc2)c1. The number of benzene rings is 2. The zero-order valence-corrected chi connectivity index (χ0v) is 13.1. The Kier molecular flexibility index (Phi) is 4.82. The molecule has 116 valence electrons. The van der Waals surface area contributed by atoms with Gasteiger partial charge in [-0.05, 0) is 44.2 Å². The normalized spacial score (nSPS) is 11.0. The molecule has 2 aromatic carbocycles. The van der Waals surface area contributed by atoms with Crippen molar-refractivity contribution in [3.8, 4) is 5.75 Å². The summed E-state index contributed by atoms with van der Waals surface area (Å²) in [6, 6.07) is 12.2. The third-order valence-electron chi connectivity index (χ3n) is 2.86. The van der Waals surface area contributed by atoms with E-state index in [-0.39, 0.29) is 22.8 Å². The summed E-state index contributed by atoms with van der Waals surface area (Å²) < 4.78 is 34.4. The van der Waals surface area contributed by atoms with E-state index in [0.717, 1.165) is 5.56 Å². The van der Waals surface area contributed by atoms with Crippen LogP contribution in [0.15, 0.2) is 53.4 Å². The summed E-state index contributed by atoms with van der Waals surface area (Å²) in [4.78, 5) is 11.6. The molecule has 0 saturated carbocycles. The highest BCUT2D eigenvalue weighted by atomic mass is 32.2. The summed E-state index contributed by atoms with van der Waals surface area (Å²) >= 11 is 0. The molecular formula is C16H16O5S. The number of hydrogen-bond acceptors (Lipinski definition) is 5. The Morgan fingerprint density at radius 2 is 1.77 bits per heavy atom. The average Bonchev–Trinajstić information content (AvgIpc) is 2.50. The highest BCUT2D eigenvalue weighted by molar-refractivity contribution is 7.87. The molecule has 0 aliphatic heterocycles. The van der Waals surface area contributed by atoms with Crippen LogP contribution in [-0.4, -0.2) is 21.0 Å². The Bertz CT molecular complexity index is 763. The van der Waals surface area contributed by atoms with E-state index in [9.17, 15) is 13.2 Å². The first kappa shape index (κ1) is 16.0. The molecule has 0 aliphatic rings. The molecule has 0 amide bonds. The molecule has 0 atom stereocenters. The molecular weight excluding hydrogens is 304 g/mol. The second kappa shape index (κ2) is 6.62. The van der Waals surface area contributed by atoms with Crippen molar-refractivity contribution in [1.82, 2.24) is 0 Å². The molecule has 0 unspecified atom stereocenters. The number of hydrogen-bond donors (Lipinski definition) is 0. The van der Waals surface area contributed by atoms with Gasteiger partial charge in [0.25, 0.3) is 0 Å². The van der Waals surface area contributed by atoms with Gasteiger partial charge < -0.3 is 8.92 Å². The predicted molar refractivity (Wildman–Crippen MR) is 81.4 cm³/mol. The fraction of sp³-hybridized carbons (Fsp3) is 0.188. The van der Waals surface area contributed by atoms with Crippen LogP contribution in [-0.2, 0) is 14.9 Å². The van der Waals surface area contributed by atoms with Crippen LogP contribution in [0.1, 0.15) is 22.8 Å². The van der Waals surface area contributed by atoms with Gasteiger partial charge in [0.1, 0.15) is 10.6 Å². The number of aryl methyl sites for hydroxylation is 1. The van der Waals surface area contributed by atoms with Crippen LogP contribution in [0.2, 0.25) is 0 Å². The molecule has 0 bridgehead atoms. The Labute approximate surface area is 129 Å². The van der Waals surface area contributed by atoms with Crippen LogP contribution in [0.5, 0.6) is 5.75 Å². The molecule has 0 N–H and O–H groups in total. The van der Waals surface area contributed by atoms with Gasteiger partial charge in [-0.3, -0.25) is 0 Å². The molecule has 5 nitrogen and oxygen atoms in total. The van der Waals surface area contributed by atoms with Gasteiger partial charge in [0.2, 0.25) is 0 Å². The van der Waals surface area contributed by atoms with Crippen LogP contribution < -0.4 is 4.18 Å². The average molecular weight is 320 g/mol. The van der Waals surface area contributed by atoms with Gasteiger partial charge in [-0.25, -0.2) is 4.79 Å². The molecule has 0 heterocycles. The molecule has 22 heavy (non-hydrogen) atoms. The molecule has 0 fully saturated rings. The lowest BCUT2D eigenvalue weighted by atomic mass is 10.2. The highest BCUT2D eigenvalue weighted by Gasteiger charge is 2.19. The first-order valence-electron chi connectivity index (χ1n) is 6.71. The van der Waals surface area contributed by atoms with Crippen molar-refractivity contribution >= 4 is 16.1 Å². The van der Waals surface area contributed by atoms with Gasteiger partial charge in [0.15, 0.2) is 0 Å². The molecule has 0 aliphatic carbocycles. The number of ether oxygens (including phenoxy) is 1. The van der Waals surface area contributed by atoms with Gasteiger partial charge >= 0.3 is 16.1 Å². The van der Waals surface area contributed by atoms with Crippen LogP contribution in [0.25, 0.3) is 0 Å². The standard InChI is InChI=1S/C16H16O5S/c1-3-20-16(17)13-5-4-6-15(11-13)22(18,19)21-14-9-7-12(2)8-10-14/h4-11H,3H2,1-2H3. The first-order valence-corrected chi connectivity index (χ1v) is 8.11. The van der Waals surface area contributed by atoms with E-state index in [1.807, 2.05) is 6.92 Å².